The molecule has 0 aliphatic heterocycles. The summed E-state index contributed by atoms with van der Waals surface area (Å²) >= 11 is 5.10. The van der Waals surface area contributed by atoms with E-state index in [-0.39, 0.29) is 10.7 Å². The number of hydrogen-bond donors (Lipinski definition) is 3. The van der Waals surface area contributed by atoms with Gasteiger partial charge in [-0.15, -0.1) is 0 Å². The van der Waals surface area contributed by atoms with Crippen molar-refractivity contribution in [2.24, 2.45) is 5.73 Å². The fourth-order valence-electron chi connectivity index (χ4n) is 2.24. The van der Waals surface area contributed by atoms with Crippen molar-refractivity contribution < 1.29 is 19.1 Å². The van der Waals surface area contributed by atoms with E-state index in [1.54, 1.807) is 55.7 Å². The number of benzene rings is 2. The van der Waals surface area contributed by atoms with Gasteiger partial charge in [-0.1, -0.05) is 18.2 Å². The van der Waals surface area contributed by atoms with Crippen molar-refractivity contribution in [2.75, 3.05) is 19.5 Å². The van der Waals surface area contributed by atoms with Crippen molar-refractivity contribution in [1.29, 1.82) is 0 Å². The molecule has 4 N–H and O–H groups in total. The quantitative estimate of drug-likeness (QED) is 0.521. The highest BCUT2D eigenvalue weighted by molar-refractivity contribution is 7.80. The Bertz CT molecular complexity index is 896. The molecule has 0 spiro atoms. The number of thiocarbonyl (C=S) groups is 1. The minimum atomic E-state index is -0.597. The Balaban J connectivity index is 2.00. The lowest BCUT2D eigenvalue weighted by Crippen LogP contribution is -2.33. The molecule has 0 saturated carbocycles. The van der Waals surface area contributed by atoms with Crippen LogP contribution in [0.25, 0.3) is 6.08 Å². The molecule has 0 radical (unpaired) electrons. The second-order valence-corrected chi connectivity index (χ2v) is 5.71. The number of hydrogen-bond acceptors (Lipinski definition) is 5. The Morgan fingerprint density at radius 3 is 2.44 bits per heavy atom. The van der Waals surface area contributed by atoms with Gasteiger partial charge < -0.3 is 20.5 Å². The van der Waals surface area contributed by atoms with Crippen LogP contribution in [0, 0.1) is 0 Å². The summed E-state index contributed by atoms with van der Waals surface area (Å²) in [6.45, 7) is 0. The topological polar surface area (TPSA) is 103 Å². The van der Waals surface area contributed by atoms with Crippen LogP contribution in [-0.2, 0) is 4.79 Å². The normalized spacial score (nSPS) is 10.3. The summed E-state index contributed by atoms with van der Waals surface area (Å²) in [4.78, 5) is 23.4. The highest BCUT2D eigenvalue weighted by Crippen LogP contribution is 2.27. The number of rotatable bonds is 6. The molecule has 0 aromatic heterocycles. The Kier molecular flexibility index (Phi) is 6.90. The van der Waals surface area contributed by atoms with E-state index in [2.05, 4.69) is 10.6 Å². The first-order valence-corrected chi connectivity index (χ1v) is 8.26. The lowest BCUT2D eigenvalue weighted by molar-refractivity contribution is -0.115. The molecule has 0 fully saturated rings. The van der Waals surface area contributed by atoms with Gasteiger partial charge >= 0.3 is 0 Å². The molecule has 2 rings (SSSR count). The fraction of sp³-hybridized carbons (Fsp3) is 0.105. The van der Waals surface area contributed by atoms with Crippen molar-refractivity contribution in [3.05, 3.63) is 59.7 Å². The zero-order chi connectivity index (χ0) is 19.8. The maximum absolute atomic E-state index is 12.0. The van der Waals surface area contributed by atoms with Crippen LogP contribution in [0.5, 0.6) is 11.5 Å². The van der Waals surface area contributed by atoms with Crippen LogP contribution in [0.15, 0.2) is 48.5 Å². The van der Waals surface area contributed by atoms with E-state index < -0.39 is 11.8 Å². The molecule has 0 aliphatic rings. The summed E-state index contributed by atoms with van der Waals surface area (Å²) in [6, 6.07) is 11.9. The van der Waals surface area contributed by atoms with Gasteiger partial charge in [-0.05, 0) is 48.1 Å². The Labute approximate surface area is 162 Å². The highest BCUT2D eigenvalue weighted by atomic mass is 32.1. The van der Waals surface area contributed by atoms with Gasteiger partial charge in [-0.3, -0.25) is 14.9 Å². The van der Waals surface area contributed by atoms with Gasteiger partial charge in [0, 0.05) is 6.08 Å². The summed E-state index contributed by atoms with van der Waals surface area (Å²) in [5.41, 5.74) is 6.75. The van der Waals surface area contributed by atoms with Crippen LogP contribution in [0.4, 0.5) is 5.69 Å². The summed E-state index contributed by atoms with van der Waals surface area (Å²) in [7, 11) is 3.08. The van der Waals surface area contributed by atoms with Crippen LogP contribution in [0.3, 0.4) is 0 Å². The minimum Gasteiger partial charge on any atom is -0.493 e. The van der Waals surface area contributed by atoms with E-state index in [1.807, 2.05) is 0 Å². The van der Waals surface area contributed by atoms with Crippen molar-refractivity contribution >= 4 is 40.9 Å². The number of amides is 2. The molecule has 0 atom stereocenters. The average Bonchev–Trinajstić information content (AvgIpc) is 2.66. The largest absolute Gasteiger partial charge is 0.493 e. The second-order valence-electron chi connectivity index (χ2n) is 5.30. The van der Waals surface area contributed by atoms with E-state index in [0.29, 0.717) is 17.2 Å². The standard InChI is InChI=1S/C19H19N3O4S/c1-25-15-9-7-12(11-16(15)26-2)8-10-17(23)22-19(27)21-14-6-4-3-5-13(14)18(20)24/h3-11H,1-2H3,(H2,20,24)(H2,21,22,23,27)/b10-8+. The molecule has 0 heterocycles. The number of anilines is 1. The van der Waals surface area contributed by atoms with Gasteiger partial charge in [-0.25, -0.2) is 0 Å². The van der Waals surface area contributed by atoms with Crippen molar-refractivity contribution in [2.45, 2.75) is 0 Å². The third kappa shape index (κ3) is 5.55. The number of para-hydroxylation sites is 1. The van der Waals surface area contributed by atoms with E-state index in [9.17, 15) is 9.59 Å². The molecule has 0 aliphatic carbocycles. The van der Waals surface area contributed by atoms with Crippen LogP contribution in [0.1, 0.15) is 15.9 Å². The summed E-state index contributed by atoms with van der Waals surface area (Å²) < 4.78 is 10.4. The summed E-state index contributed by atoms with van der Waals surface area (Å²) in [5.74, 6) is 0.123. The predicted molar refractivity (Wildman–Crippen MR) is 108 cm³/mol. The molecule has 27 heavy (non-hydrogen) atoms. The number of carbonyl (C=O) groups is 2. The number of ether oxygens (including phenoxy) is 2. The highest BCUT2D eigenvalue weighted by Gasteiger charge is 2.09. The molecule has 2 amide bonds. The second kappa shape index (κ2) is 9.35. The van der Waals surface area contributed by atoms with E-state index >= 15 is 0 Å². The lowest BCUT2D eigenvalue weighted by Gasteiger charge is -2.11. The SMILES string of the molecule is COc1ccc(/C=C/C(=O)NC(=S)Nc2ccccc2C(N)=O)cc1OC. The zero-order valence-corrected chi connectivity index (χ0v) is 15.6. The number of methoxy groups -OCH3 is 2. The van der Waals surface area contributed by atoms with Gasteiger partial charge in [0.05, 0.1) is 25.5 Å². The first kappa shape index (κ1) is 19.9. The molecular weight excluding hydrogens is 366 g/mol. The number of carbonyl (C=O) groups excluding carboxylic acids is 2. The van der Waals surface area contributed by atoms with E-state index in [1.165, 1.54) is 13.2 Å². The fourth-order valence-corrected chi connectivity index (χ4v) is 2.45. The number of nitrogens with one attached hydrogen (secondary N) is 2. The summed E-state index contributed by atoms with van der Waals surface area (Å²) in [6.07, 6.45) is 2.94. The molecule has 2 aromatic carbocycles. The number of nitrogens with two attached hydrogens (primary N) is 1. The van der Waals surface area contributed by atoms with Gasteiger partial charge in [-0.2, -0.15) is 0 Å². The molecule has 0 unspecified atom stereocenters. The van der Waals surface area contributed by atoms with Gasteiger partial charge in [0.2, 0.25) is 5.91 Å². The van der Waals surface area contributed by atoms with Gasteiger partial charge in [0.15, 0.2) is 16.6 Å². The van der Waals surface area contributed by atoms with E-state index in [0.717, 1.165) is 5.56 Å². The smallest absolute Gasteiger partial charge is 0.250 e. The molecule has 140 valence electrons. The van der Waals surface area contributed by atoms with Crippen LogP contribution in [-0.4, -0.2) is 31.1 Å². The van der Waals surface area contributed by atoms with Gasteiger partial charge in [0.25, 0.3) is 5.91 Å². The zero-order valence-electron chi connectivity index (χ0n) is 14.8. The maximum Gasteiger partial charge on any atom is 0.250 e. The number of primary amides is 1. The third-order valence-electron chi connectivity index (χ3n) is 3.51. The van der Waals surface area contributed by atoms with Crippen LogP contribution in [0.2, 0.25) is 0 Å². The maximum atomic E-state index is 12.0. The molecular formula is C19H19N3O4S. The average molecular weight is 385 g/mol. The first-order valence-electron chi connectivity index (χ1n) is 7.85. The molecule has 2 aromatic rings. The molecule has 7 nitrogen and oxygen atoms in total. The van der Waals surface area contributed by atoms with Crippen molar-refractivity contribution in [3.63, 3.8) is 0 Å². The Hall–Kier alpha value is -3.39. The molecule has 0 bridgehead atoms. The van der Waals surface area contributed by atoms with Crippen LogP contribution < -0.4 is 25.8 Å². The monoisotopic (exact) mass is 385 g/mol. The lowest BCUT2D eigenvalue weighted by atomic mass is 10.1. The minimum absolute atomic E-state index is 0.0469. The molecule has 0 saturated heterocycles. The van der Waals surface area contributed by atoms with Gasteiger partial charge in [0.1, 0.15) is 0 Å². The predicted octanol–water partition coefficient (Wildman–Crippen LogP) is 2.33. The van der Waals surface area contributed by atoms with Crippen LogP contribution >= 0.6 is 12.2 Å². The Morgan fingerprint density at radius 2 is 1.78 bits per heavy atom. The first-order chi connectivity index (χ1) is 12.9. The Morgan fingerprint density at radius 1 is 1.07 bits per heavy atom. The summed E-state index contributed by atoms with van der Waals surface area (Å²) in [5, 5.41) is 5.33. The van der Waals surface area contributed by atoms with Crippen molar-refractivity contribution in [1.82, 2.24) is 5.32 Å². The third-order valence-corrected chi connectivity index (χ3v) is 3.72. The molecule has 8 heteroatoms. The van der Waals surface area contributed by atoms with Crippen molar-refractivity contribution in [3.8, 4) is 11.5 Å². The van der Waals surface area contributed by atoms with E-state index in [4.69, 9.17) is 27.4 Å².